The van der Waals surface area contributed by atoms with Gasteiger partial charge in [-0.2, -0.15) is 4.31 Å². The lowest BCUT2D eigenvalue weighted by Gasteiger charge is -2.34. The quantitative estimate of drug-likeness (QED) is 0.540. The van der Waals surface area contributed by atoms with Gasteiger partial charge in [-0.3, -0.25) is 15.0 Å². The maximum absolute atomic E-state index is 14.0. The van der Waals surface area contributed by atoms with E-state index in [0.717, 1.165) is 0 Å². The topological polar surface area (TPSA) is 83.8 Å². The van der Waals surface area contributed by atoms with Crippen LogP contribution >= 0.6 is 11.6 Å². The molecule has 2 aromatic rings. The number of aryl methyl sites for hydroxylation is 1. The molecule has 2 aromatic carbocycles. The molecule has 1 aliphatic heterocycles. The molecule has 1 heterocycles. The van der Waals surface area contributed by atoms with Gasteiger partial charge in [0.05, 0.1) is 4.92 Å². The van der Waals surface area contributed by atoms with Crippen molar-refractivity contribution >= 4 is 27.3 Å². The molecule has 0 N–H and O–H groups in total. The molecule has 1 fully saturated rings. The number of nitrogens with zero attached hydrogens (tertiary/aromatic N) is 3. The minimum atomic E-state index is -4.02. The molecule has 7 nitrogen and oxygen atoms in total. The Labute approximate surface area is 167 Å². The fourth-order valence-electron chi connectivity index (χ4n) is 3.28. The lowest BCUT2D eigenvalue weighted by molar-refractivity contribution is -0.387. The van der Waals surface area contributed by atoms with E-state index in [2.05, 4.69) is 0 Å². The second-order valence-corrected chi connectivity index (χ2v) is 8.84. The molecule has 0 radical (unpaired) electrons. The minimum Gasteiger partial charge on any atom is -0.296 e. The van der Waals surface area contributed by atoms with E-state index in [-0.39, 0.29) is 24.5 Å². The molecule has 10 heteroatoms. The van der Waals surface area contributed by atoms with Gasteiger partial charge in [-0.05, 0) is 24.6 Å². The van der Waals surface area contributed by atoms with E-state index < -0.39 is 26.5 Å². The number of hydrogen-bond acceptors (Lipinski definition) is 5. The Morgan fingerprint density at radius 3 is 2.39 bits per heavy atom. The molecule has 0 aliphatic carbocycles. The Balaban J connectivity index is 1.77. The van der Waals surface area contributed by atoms with Crippen LogP contribution in [0.4, 0.5) is 10.1 Å². The van der Waals surface area contributed by atoms with Crippen LogP contribution in [0.1, 0.15) is 11.1 Å². The molecule has 1 saturated heterocycles. The molecule has 28 heavy (non-hydrogen) atoms. The molecule has 1 aliphatic rings. The molecular formula is C18H19ClFN3O4S. The second kappa shape index (κ2) is 8.12. The van der Waals surface area contributed by atoms with Crippen molar-refractivity contribution in [1.29, 1.82) is 0 Å². The number of nitro groups is 1. The number of sulfonamides is 1. The fraction of sp³-hybridized carbons (Fsp3) is 0.333. The molecule has 0 atom stereocenters. The smallest absolute Gasteiger partial charge is 0.289 e. The van der Waals surface area contributed by atoms with Gasteiger partial charge in [0.15, 0.2) is 4.90 Å². The van der Waals surface area contributed by atoms with E-state index in [9.17, 15) is 22.9 Å². The predicted molar refractivity (Wildman–Crippen MR) is 103 cm³/mol. The Hall–Kier alpha value is -2.07. The number of halogens is 2. The normalized spacial score (nSPS) is 16.2. The first-order valence-corrected chi connectivity index (χ1v) is 10.4. The average Bonchev–Trinajstić information content (AvgIpc) is 2.65. The van der Waals surface area contributed by atoms with Crippen molar-refractivity contribution in [2.24, 2.45) is 0 Å². The van der Waals surface area contributed by atoms with Gasteiger partial charge in [0.2, 0.25) is 10.0 Å². The van der Waals surface area contributed by atoms with Gasteiger partial charge in [0.1, 0.15) is 5.82 Å². The fourth-order valence-corrected chi connectivity index (χ4v) is 5.29. The molecule has 0 unspecified atom stereocenters. The molecule has 0 amide bonds. The lowest BCUT2D eigenvalue weighted by Crippen LogP contribution is -2.48. The molecular weight excluding hydrogens is 409 g/mol. The minimum absolute atomic E-state index is 0.153. The Kier molecular flexibility index (Phi) is 5.99. The summed E-state index contributed by atoms with van der Waals surface area (Å²) in [6.07, 6.45) is 0. The van der Waals surface area contributed by atoms with Gasteiger partial charge < -0.3 is 0 Å². The van der Waals surface area contributed by atoms with E-state index >= 15 is 0 Å². The van der Waals surface area contributed by atoms with Gasteiger partial charge in [0.25, 0.3) is 5.69 Å². The van der Waals surface area contributed by atoms with E-state index in [0.29, 0.717) is 29.2 Å². The van der Waals surface area contributed by atoms with Gasteiger partial charge in [-0.15, -0.1) is 0 Å². The van der Waals surface area contributed by atoms with Crippen LogP contribution in [0, 0.1) is 22.9 Å². The van der Waals surface area contributed by atoms with E-state index in [1.54, 1.807) is 6.07 Å². The Morgan fingerprint density at radius 2 is 1.79 bits per heavy atom. The van der Waals surface area contributed by atoms with Crippen molar-refractivity contribution in [2.75, 3.05) is 26.2 Å². The summed E-state index contributed by atoms with van der Waals surface area (Å²) in [6.45, 7) is 2.84. The van der Waals surface area contributed by atoms with Crippen LogP contribution in [0.5, 0.6) is 0 Å². The van der Waals surface area contributed by atoms with Crippen LogP contribution in [-0.2, 0) is 16.6 Å². The highest BCUT2D eigenvalue weighted by Crippen LogP contribution is 2.30. The van der Waals surface area contributed by atoms with Crippen molar-refractivity contribution in [1.82, 2.24) is 9.21 Å². The van der Waals surface area contributed by atoms with Crippen molar-refractivity contribution < 1.29 is 17.7 Å². The first kappa shape index (κ1) is 20.7. The zero-order chi connectivity index (χ0) is 20.5. The van der Waals surface area contributed by atoms with Crippen molar-refractivity contribution in [3.63, 3.8) is 0 Å². The zero-order valence-electron chi connectivity index (χ0n) is 15.1. The Morgan fingerprint density at radius 1 is 1.14 bits per heavy atom. The molecule has 150 valence electrons. The predicted octanol–water partition coefficient (Wildman–Crippen LogP) is 3.20. The third-order valence-electron chi connectivity index (χ3n) is 4.76. The molecule has 0 aromatic heterocycles. The van der Waals surface area contributed by atoms with Crippen molar-refractivity contribution in [3.8, 4) is 0 Å². The van der Waals surface area contributed by atoms with Gasteiger partial charge in [0, 0.05) is 49.4 Å². The summed E-state index contributed by atoms with van der Waals surface area (Å²) < 4.78 is 41.3. The highest BCUT2D eigenvalue weighted by molar-refractivity contribution is 7.89. The SMILES string of the molecule is Cc1cccc([N+](=O)[O-])c1S(=O)(=O)N1CCN(Cc2c(F)cccc2Cl)CC1. The summed E-state index contributed by atoms with van der Waals surface area (Å²) in [4.78, 5) is 12.2. The van der Waals surface area contributed by atoms with E-state index in [1.165, 1.54) is 41.6 Å². The summed E-state index contributed by atoms with van der Waals surface area (Å²) >= 11 is 6.06. The molecule has 0 spiro atoms. The first-order chi connectivity index (χ1) is 13.2. The van der Waals surface area contributed by atoms with E-state index in [4.69, 9.17) is 11.6 Å². The van der Waals surface area contributed by atoms with Crippen LogP contribution in [-0.4, -0.2) is 48.7 Å². The lowest BCUT2D eigenvalue weighted by atomic mass is 10.2. The first-order valence-electron chi connectivity index (χ1n) is 8.61. The zero-order valence-corrected chi connectivity index (χ0v) is 16.7. The standard InChI is InChI=1S/C18H19ClFN3O4S/c1-13-4-2-7-17(23(24)25)18(13)28(26,27)22-10-8-21(9-11-22)12-14-15(19)5-3-6-16(14)20/h2-7H,8-12H2,1H3. The maximum atomic E-state index is 14.0. The van der Waals surface area contributed by atoms with Crippen molar-refractivity contribution in [3.05, 3.63) is 68.5 Å². The number of nitro benzene ring substituents is 1. The summed E-state index contributed by atoms with van der Waals surface area (Å²) in [7, 11) is -4.02. The van der Waals surface area contributed by atoms with Gasteiger partial charge in [-0.25, -0.2) is 12.8 Å². The van der Waals surface area contributed by atoms with E-state index in [1.807, 2.05) is 4.90 Å². The average molecular weight is 428 g/mol. The third-order valence-corrected chi connectivity index (χ3v) is 7.21. The Bertz CT molecular complexity index is 988. The number of benzene rings is 2. The highest BCUT2D eigenvalue weighted by atomic mass is 35.5. The van der Waals surface area contributed by atoms with Crippen LogP contribution in [0.2, 0.25) is 5.02 Å². The number of piperazine rings is 1. The molecule has 0 saturated carbocycles. The summed E-state index contributed by atoms with van der Waals surface area (Å²) in [5.41, 5.74) is 0.269. The molecule has 0 bridgehead atoms. The second-order valence-electron chi connectivity index (χ2n) is 6.56. The monoisotopic (exact) mass is 427 g/mol. The highest BCUT2D eigenvalue weighted by Gasteiger charge is 2.35. The maximum Gasteiger partial charge on any atom is 0.289 e. The number of hydrogen-bond donors (Lipinski definition) is 0. The van der Waals surface area contributed by atoms with Crippen LogP contribution in [0.3, 0.4) is 0 Å². The third kappa shape index (κ3) is 4.02. The van der Waals surface area contributed by atoms with Crippen LogP contribution < -0.4 is 0 Å². The summed E-state index contributed by atoms with van der Waals surface area (Å²) in [5.74, 6) is -0.405. The molecule has 3 rings (SSSR count). The van der Waals surface area contributed by atoms with Crippen molar-refractivity contribution in [2.45, 2.75) is 18.4 Å². The van der Waals surface area contributed by atoms with Gasteiger partial charge >= 0.3 is 0 Å². The summed E-state index contributed by atoms with van der Waals surface area (Å²) in [6, 6.07) is 8.66. The van der Waals surface area contributed by atoms with Crippen LogP contribution in [0.25, 0.3) is 0 Å². The van der Waals surface area contributed by atoms with Crippen LogP contribution in [0.15, 0.2) is 41.3 Å². The summed E-state index contributed by atoms with van der Waals surface area (Å²) in [5, 5.41) is 11.6. The number of rotatable bonds is 5. The largest absolute Gasteiger partial charge is 0.296 e. The van der Waals surface area contributed by atoms with Gasteiger partial charge in [-0.1, -0.05) is 29.8 Å².